The Labute approximate surface area is 168 Å². The van der Waals surface area contributed by atoms with E-state index in [1.165, 1.54) is 7.05 Å². The van der Waals surface area contributed by atoms with Crippen LogP contribution in [-0.2, 0) is 24.8 Å². The van der Waals surface area contributed by atoms with Gasteiger partial charge in [-0.15, -0.1) is 11.6 Å². The van der Waals surface area contributed by atoms with Crippen molar-refractivity contribution in [1.29, 1.82) is 0 Å². The van der Waals surface area contributed by atoms with Crippen molar-refractivity contribution in [3.8, 4) is 0 Å². The molecule has 0 saturated carbocycles. The molecule has 1 aromatic rings. The van der Waals surface area contributed by atoms with E-state index >= 15 is 0 Å². The lowest BCUT2D eigenvalue weighted by molar-refractivity contribution is 0.0547. The van der Waals surface area contributed by atoms with E-state index in [-0.39, 0.29) is 16.6 Å². The summed E-state index contributed by atoms with van der Waals surface area (Å²) >= 11 is 11.9. The zero-order valence-corrected chi connectivity index (χ0v) is 18.1. The summed E-state index contributed by atoms with van der Waals surface area (Å²) in [5.74, 6) is -0.261. The molecular formula is C14H19Cl2N3O6S2. The van der Waals surface area contributed by atoms with Crippen LogP contribution in [0.1, 0.15) is 20.8 Å². The summed E-state index contributed by atoms with van der Waals surface area (Å²) in [5.41, 5.74) is -1.02. The van der Waals surface area contributed by atoms with Gasteiger partial charge in [-0.1, -0.05) is 11.6 Å². The van der Waals surface area contributed by atoms with Gasteiger partial charge in [-0.25, -0.2) is 26.8 Å². The van der Waals surface area contributed by atoms with E-state index in [0.29, 0.717) is 0 Å². The quantitative estimate of drug-likeness (QED) is 0.672. The van der Waals surface area contributed by atoms with Crippen molar-refractivity contribution in [1.82, 2.24) is 4.31 Å². The first kappa shape index (κ1) is 22.2. The Kier molecular flexibility index (Phi) is 5.79. The van der Waals surface area contributed by atoms with Crippen LogP contribution in [0.15, 0.2) is 21.9 Å². The summed E-state index contributed by atoms with van der Waals surface area (Å²) in [4.78, 5) is 12.7. The van der Waals surface area contributed by atoms with Crippen LogP contribution in [0.4, 0.5) is 10.5 Å². The molecule has 1 aliphatic rings. The van der Waals surface area contributed by atoms with Gasteiger partial charge in [-0.2, -0.15) is 4.31 Å². The molecule has 1 amide bonds. The molecule has 1 aliphatic heterocycles. The Hall–Kier alpha value is -1.11. The first-order valence-corrected chi connectivity index (χ1v) is 11.4. The van der Waals surface area contributed by atoms with Crippen molar-refractivity contribution < 1.29 is 26.4 Å². The third kappa shape index (κ3) is 4.17. The number of fused-ring (bicyclic) bond motifs is 1. The standard InChI is InChI=1S/C14H19Cl2N3O6S2/c1-14(2,3)25-13(20)19-9-5-8(16)10(26(17,21)22)6-11(9)27(23,24)18(4)12(19)7-15/h5-6,12H,7H2,1-4H3,(H2,17,21,22). The fourth-order valence-corrected chi connectivity index (χ4v) is 5.56. The number of anilines is 1. The highest BCUT2D eigenvalue weighted by atomic mass is 35.5. The summed E-state index contributed by atoms with van der Waals surface area (Å²) in [5, 5.41) is 4.76. The van der Waals surface area contributed by atoms with Gasteiger partial charge in [0.1, 0.15) is 21.6 Å². The van der Waals surface area contributed by atoms with Gasteiger partial charge in [0, 0.05) is 7.05 Å². The van der Waals surface area contributed by atoms with Gasteiger partial charge >= 0.3 is 6.09 Å². The third-order valence-corrected chi connectivity index (χ3v) is 7.22. The number of amides is 1. The first-order valence-electron chi connectivity index (χ1n) is 7.54. The molecule has 0 fully saturated rings. The molecule has 0 radical (unpaired) electrons. The number of primary sulfonamides is 1. The minimum absolute atomic E-state index is 0.148. The molecule has 0 aromatic heterocycles. The fraction of sp³-hybridized carbons (Fsp3) is 0.500. The van der Waals surface area contributed by atoms with E-state index in [2.05, 4.69) is 0 Å². The van der Waals surface area contributed by atoms with E-state index in [0.717, 1.165) is 21.3 Å². The SMILES string of the molecule is CN1C(CCl)N(C(=O)OC(C)(C)C)c2cc(Cl)c(S(N)(=O)=O)cc2S1(=O)=O. The second-order valence-electron chi connectivity index (χ2n) is 6.80. The number of nitrogens with two attached hydrogens (primary N) is 1. The Bertz CT molecular complexity index is 989. The number of rotatable bonds is 2. The van der Waals surface area contributed by atoms with Crippen LogP contribution in [0.3, 0.4) is 0 Å². The van der Waals surface area contributed by atoms with Gasteiger partial charge in [0.05, 0.1) is 16.6 Å². The molecule has 0 saturated heterocycles. The predicted molar refractivity (Wildman–Crippen MR) is 101 cm³/mol. The first-order chi connectivity index (χ1) is 12.1. The van der Waals surface area contributed by atoms with Crippen molar-refractivity contribution >= 4 is 55.0 Å². The molecule has 1 aromatic carbocycles. The normalized spacial score (nSPS) is 20.3. The summed E-state index contributed by atoms with van der Waals surface area (Å²) in [6, 6.07) is 1.87. The van der Waals surface area contributed by atoms with Crippen molar-refractivity contribution in [3.05, 3.63) is 17.2 Å². The molecule has 9 nitrogen and oxygen atoms in total. The van der Waals surface area contributed by atoms with E-state index < -0.39 is 47.7 Å². The maximum Gasteiger partial charge on any atom is 0.416 e. The van der Waals surface area contributed by atoms with Crippen molar-refractivity contribution in [3.63, 3.8) is 0 Å². The highest BCUT2D eigenvalue weighted by Gasteiger charge is 2.45. The van der Waals surface area contributed by atoms with Gasteiger partial charge in [0.25, 0.3) is 0 Å². The summed E-state index contributed by atoms with van der Waals surface area (Å²) in [7, 11) is -7.25. The number of hydrogen-bond acceptors (Lipinski definition) is 6. The molecule has 0 bridgehead atoms. The van der Waals surface area contributed by atoms with E-state index in [1.807, 2.05) is 0 Å². The lowest BCUT2D eigenvalue weighted by Gasteiger charge is -2.41. The van der Waals surface area contributed by atoms with Crippen LogP contribution in [-0.4, -0.2) is 51.9 Å². The minimum atomic E-state index is -4.30. The molecule has 0 aliphatic carbocycles. The number of halogens is 2. The zero-order chi connectivity index (χ0) is 20.9. The van der Waals surface area contributed by atoms with E-state index in [4.69, 9.17) is 33.1 Å². The Balaban J connectivity index is 2.81. The second kappa shape index (κ2) is 7.05. The van der Waals surface area contributed by atoms with Crippen LogP contribution in [0.25, 0.3) is 0 Å². The average molecular weight is 460 g/mol. The van der Waals surface area contributed by atoms with Crippen molar-refractivity contribution in [2.45, 2.75) is 42.3 Å². The van der Waals surface area contributed by atoms with Gasteiger partial charge in [-0.3, -0.25) is 4.90 Å². The number of ether oxygens (including phenoxy) is 1. The van der Waals surface area contributed by atoms with Gasteiger partial charge < -0.3 is 4.74 Å². The maximum absolute atomic E-state index is 12.8. The number of nitrogens with zero attached hydrogens (tertiary/aromatic N) is 2. The lowest BCUT2D eigenvalue weighted by atomic mass is 10.2. The largest absolute Gasteiger partial charge is 0.443 e. The highest BCUT2D eigenvalue weighted by Crippen LogP contribution is 2.41. The maximum atomic E-state index is 12.8. The van der Waals surface area contributed by atoms with Crippen LogP contribution in [0.2, 0.25) is 5.02 Å². The summed E-state index contributed by atoms with van der Waals surface area (Å²) in [6.07, 6.45) is -1.97. The van der Waals surface area contributed by atoms with Gasteiger partial charge in [0.2, 0.25) is 20.0 Å². The number of sulfonamides is 2. The van der Waals surface area contributed by atoms with Crippen molar-refractivity contribution in [2.24, 2.45) is 5.14 Å². The van der Waals surface area contributed by atoms with Crippen LogP contribution >= 0.6 is 23.2 Å². The number of carbonyl (C=O) groups excluding carboxylic acids is 1. The Morgan fingerprint density at radius 3 is 2.33 bits per heavy atom. The molecule has 1 unspecified atom stereocenters. The van der Waals surface area contributed by atoms with Crippen LogP contribution in [0, 0.1) is 0 Å². The Morgan fingerprint density at radius 1 is 1.33 bits per heavy atom. The zero-order valence-electron chi connectivity index (χ0n) is 14.9. The molecule has 0 spiro atoms. The monoisotopic (exact) mass is 459 g/mol. The minimum Gasteiger partial charge on any atom is -0.443 e. The van der Waals surface area contributed by atoms with E-state index in [9.17, 15) is 21.6 Å². The molecule has 2 rings (SSSR count). The lowest BCUT2D eigenvalue weighted by Crippen LogP contribution is -2.57. The summed E-state index contributed by atoms with van der Waals surface area (Å²) < 4.78 is 55.3. The number of hydrogen-bond donors (Lipinski definition) is 1. The summed E-state index contributed by atoms with van der Waals surface area (Å²) in [6.45, 7) is 4.93. The van der Waals surface area contributed by atoms with Crippen LogP contribution in [0.5, 0.6) is 0 Å². The predicted octanol–water partition coefficient (Wildman–Crippen LogP) is 1.93. The van der Waals surface area contributed by atoms with E-state index in [1.54, 1.807) is 20.8 Å². The molecule has 1 atom stereocenters. The molecule has 1 heterocycles. The second-order valence-corrected chi connectivity index (χ2v) is 11.0. The number of carbonyl (C=O) groups is 1. The topological polar surface area (TPSA) is 127 Å². The average Bonchev–Trinajstić information content (AvgIpc) is 2.47. The third-order valence-electron chi connectivity index (χ3n) is 3.68. The Morgan fingerprint density at radius 2 is 1.89 bits per heavy atom. The molecule has 13 heteroatoms. The fourth-order valence-electron chi connectivity index (χ4n) is 2.47. The molecule has 2 N–H and O–H groups in total. The molecule has 27 heavy (non-hydrogen) atoms. The van der Waals surface area contributed by atoms with Crippen molar-refractivity contribution in [2.75, 3.05) is 17.8 Å². The number of benzene rings is 1. The van der Waals surface area contributed by atoms with Gasteiger partial charge in [0.15, 0.2) is 0 Å². The molecule has 152 valence electrons. The molecular weight excluding hydrogens is 441 g/mol. The number of alkyl halides is 1. The highest BCUT2D eigenvalue weighted by molar-refractivity contribution is 7.90. The smallest absolute Gasteiger partial charge is 0.416 e. The van der Waals surface area contributed by atoms with Crippen LogP contribution < -0.4 is 10.0 Å². The van der Waals surface area contributed by atoms with Gasteiger partial charge in [-0.05, 0) is 32.9 Å².